The average molecular weight is 279 g/mol. The van der Waals surface area contributed by atoms with Crippen molar-refractivity contribution in [3.8, 4) is 0 Å². The molecule has 114 valence electrons. The number of aliphatic hydroxyl groups excluding tert-OH is 1. The Morgan fingerprint density at radius 2 is 1.55 bits per heavy atom. The molecule has 3 nitrogen and oxygen atoms in total. The van der Waals surface area contributed by atoms with Gasteiger partial charge in [-0.15, -0.1) is 0 Å². The summed E-state index contributed by atoms with van der Waals surface area (Å²) in [5.41, 5.74) is 0. The number of carbonyl (C=O) groups excluding carboxylic acids is 1. The van der Waals surface area contributed by atoms with Crippen LogP contribution in [0.5, 0.6) is 0 Å². The van der Waals surface area contributed by atoms with Gasteiger partial charge < -0.3 is 10.0 Å². The van der Waals surface area contributed by atoms with E-state index in [9.17, 15) is 9.90 Å². The number of aliphatic hydroxyl groups is 1. The van der Waals surface area contributed by atoms with Crippen molar-refractivity contribution in [2.75, 3.05) is 6.54 Å². The van der Waals surface area contributed by atoms with Gasteiger partial charge in [0.2, 0.25) is 5.91 Å². The maximum atomic E-state index is 12.8. The Balaban J connectivity index is 1.66. The Bertz CT molecular complexity index is 338. The topological polar surface area (TPSA) is 40.5 Å². The van der Waals surface area contributed by atoms with Crippen molar-refractivity contribution in [1.29, 1.82) is 0 Å². The van der Waals surface area contributed by atoms with Gasteiger partial charge in [-0.1, -0.05) is 32.1 Å². The number of hydrogen-bond acceptors (Lipinski definition) is 2. The van der Waals surface area contributed by atoms with Crippen LogP contribution in [0, 0.1) is 11.8 Å². The Kier molecular flexibility index (Phi) is 4.65. The van der Waals surface area contributed by atoms with E-state index in [0.717, 1.165) is 51.5 Å². The molecule has 20 heavy (non-hydrogen) atoms. The molecule has 2 saturated carbocycles. The molecule has 0 aromatic heterocycles. The van der Waals surface area contributed by atoms with Crippen LogP contribution in [0.25, 0.3) is 0 Å². The van der Waals surface area contributed by atoms with E-state index in [1.165, 1.54) is 25.7 Å². The third-order valence-corrected chi connectivity index (χ3v) is 5.81. The van der Waals surface area contributed by atoms with E-state index in [4.69, 9.17) is 0 Å². The molecule has 3 rings (SSSR count). The second-order valence-corrected chi connectivity index (χ2v) is 7.09. The third-order valence-electron chi connectivity index (χ3n) is 5.81. The lowest BCUT2D eigenvalue weighted by Gasteiger charge is -2.38. The molecule has 0 bridgehead atoms. The van der Waals surface area contributed by atoms with E-state index in [2.05, 4.69) is 4.90 Å². The van der Waals surface area contributed by atoms with Crippen LogP contribution in [0.3, 0.4) is 0 Å². The van der Waals surface area contributed by atoms with Crippen LogP contribution in [0.2, 0.25) is 0 Å². The number of amides is 1. The fourth-order valence-corrected chi connectivity index (χ4v) is 4.68. The summed E-state index contributed by atoms with van der Waals surface area (Å²) >= 11 is 0. The molecule has 0 radical (unpaired) electrons. The molecule has 1 aliphatic heterocycles. The molecule has 1 saturated heterocycles. The molecule has 0 spiro atoms. The Morgan fingerprint density at radius 3 is 2.30 bits per heavy atom. The van der Waals surface area contributed by atoms with Crippen LogP contribution < -0.4 is 0 Å². The second-order valence-electron chi connectivity index (χ2n) is 7.09. The first-order valence-corrected chi connectivity index (χ1v) is 8.76. The number of carbonyl (C=O) groups is 1. The van der Waals surface area contributed by atoms with Gasteiger partial charge in [0.1, 0.15) is 0 Å². The van der Waals surface area contributed by atoms with Crippen molar-refractivity contribution in [2.45, 2.75) is 82.8 Å². The monoisotopic (exact) mass is 279 g/mol. The van der Waals surface area contributed by atoms with Crippen LogP contribution in [-0.4, -0.2) is 34.6 Å². The minimum atomic E-state index is -0.173. The highest BCUT2D eigenvalue weighted by molar-refractivity contribution is 5.79. The number of likely N-dealkylation sites (tertiary alicyclic amines) is 1. The van der Waals surface area contributed by atoms with Crippen LogP contribution in [0.15, 0.2) is 0 Å². The molecule has 3 atom stereocenters. The third kappa shape index (κ3) is 2.88. The SMILES string of the molecule is O=C(C1CCCCC1)N1CCCC1C1CCCCC1O. The van der Waals surface area contributed by atoms with Gasteiger partial charge >= 0.3 is 0 Å². The van der Waals surface area contributed by atoms with E-state index < -0.39 is 0 Å². The maximum Gasteiger partial charge on any atom is 0.225 e. The molecule has 3 unspecified atom stereocenters. The molecular weight excluding hydrogens is 250 g/mol. The molecule has 3 fully saturated rings. The van der Waals surface area contributed by atoms with Crippen molar-refractivity contribution < 1.29 is 9.90 Å². The van der Waals surface area contributed by atoms with Crippen LogP contribution in [0.1, 0.15) is 70.6 Å². The molecule has 0 aromatic carbocycles. The zero-order chi connectivity index (χ0) is 13.9. The van der Waals surface area contributed by atoms with Gasteiger partial charge in [0.15, 0.2) is 0 Å². The summed E-state index contributed by atoms with van der Waals surface area (Å²) in [5, 5.41) is 10.3. The first-order chi connectivity index (χ1) is 9.77. The van der Waals surface area contributed by atoms with Crippen molar-refractivity contribution >= 4 is 5.91 Å². The van der Waals surface area contributed by atoms with Gasteiger partial charge in [0, 0.05) is 24.4 Å². The number of hydrogen-bond donors (Lipinski definition) is 1. The maximum absolute atomic E-state index is 12.8. The lowest BCUT2D eigenvalue weighted by Crippen LogP contribution is -2.47. The highest BCUT2D eigenvalue weighted by atomic mass is 16.3. The standard InChI is InChI=1S/C17H29NO2/c19-16-11-5-4-9-14(16)15-10-6-12-18(15)17(20)13-7-2-1-3-8-13/h13-16,19H,1-12H2. The Hall–Kier alpha value is -0.570. The van der Waals surface area contributed by atoms with E-state index in [1.54, 1.807) is 0 Å². The smallest absolute Gasteiger partial charge is 0.225 e. The van der Waals surface area contributed by atoms with Gasteiger partial charge in [0.05, 0.1) is 6.10 Å². The molecule has 1 amide bonds. The normalized spacial score (nSPS) is 36.2. The summed E-state index contributed by atoms with van der Waals surface area (Å²) in [6.45, 7) is 0.934. The number of rotatable bonds is 2. The first kappa shape index (κ1) is 14.4. The fourth-order valence-electron chi connectivity index (χ4n) is 4.68. The second kappa shape index (κ2) is 6.46. The first-order valence-electron chi connectivity index (χ1n) is 8.76. The van der Waals surface area contributed by atoms with Crippen molar-refractivity contribution in [3.05, 3.63) is 0 Å². The number of nitrogens with zero attached hydrogens (tertiary/aromatic N) is 1. The summed E-state index contributed by atoms with van der Waals surface area (Å²) in [6, 6.07) is 0.333. The molecule has 1 heterocycles. The van der Waals surface area contributed by atoms with Crippen LogP contribution in [0.4, 0.5) is 0 Å². The van der Waals surface area contributed by atoms with Crippen molar-refractivity contribution in [3.63, 3.8) is 0 Å². The molecule has 2 aliphatic carbocycles. The van der Waals surface area contributed by atoms with E-state index in [0.29, 0.717) is 17.9 Å². The highest BCUT2D eigenvalue weighted by Crippen LogP contribution is 2.36. The van der Waals surface area contributed by atoms with Crippen LogP contribution in [-0.2, 0) is 4.79 Å². The van der Waals surface area contributed by atoms with Gasteiger partial charge in [-0.3, -0.25) is 4.79 Å². The van der Waals surface area contributed by atoms with Gasteiger partial charge in [0.25, 0.3) is 0 Å². The van der Waals surface area contributed by atoms with Gasteiger partial charge in [-0.25, -0.2) is 0 Å². The van der Waals surface area contributed by atoms with E-state index >= 15 is 0 Å². The zero-order valence-electron chi connectivity index (χ0n) is 12.6. The summed E-state index contributed by atoms with van der Waals surface area (Å²) in [7, 11) is 0. The zero-order valence-corrected chi connectivity index (χ0v) is 12.6. The highest BCUT2D eigenvalue weighted by Gasteiger charge is 2.40. The summed E-state index contributed by atoms with van der Waals surface area (Å²) in [6.07, 6.45) is 12.4. The van der Waals surface area contributed by atoms with Crippen LogP contribution >= 0.6 is 0 Å². The molecule has 1 N–H and O–H groups in total. The van der Waals surface area contributed by atoms with E-state index in [1.807, 2.05) is 0 Å². The Morgan fingerprint density at radius 1 is 0.850 bits per heavy atom. The molecule has 3 heteroatoms. The van der Waals surface area contributed by atoms with Gasteiger partial charge in [-0.05, 0) is 38.5 Å². The molecule has 0 aromatic rings. The minimum Gasteiger partial charge on any atom is -0.393 e. The van der Waals surface area contributed by atoms with Gasteiger partial charge in [-0.2, -0.15) is 0 Å². The molecule has 3 aliphatic rings. The lowest BCUT2D eigenvalue weighted by atomic mass is 9.80. The fraction of sp³-hybridized carbons (Fsp3) is 0.941. The predicted octanol–water partition coefficient (Wildman–Crippen LogP) is 3.11. The summed E-state index contributed by atoms with van der Waals surface area (Å²) in [4.78, 5) is 15.0. The van der Waals surface area contributed by atoms with E-state index in [-0.39, 0.29) is 12.0 Å². The van der Waals surface area contributed by atoms with Crippen molar-refractivity contribution in [2.24, 2.45) is 11.8 Å². The minimum absolute atomic E-state index is 0.173. The average Bonchev–Trinajstić information content (AvgIpc) is 2.97. The quantitative estimate of drug-likeness (QED) is 0.843. The lowest BCUT2D eigenvalue weighted by molar-refractivity contribution is -0.139. The van der Waals surface area contributed by atoms with Crippen molar-refractivity contribution in [1.82, 2.24) is 4.90 Å². The Labute approximate surface area is 122 Å². The molecular formula is C17H29NO2. The summed E-state index contributed by atoms with van der Waals surface area (Å²) < 4.78 is 0. The summed E-state index contributed by atoms with van der Waals surface area (Å²) in [5.74, 6) is 1.04. The predicted molar refractivity (Wildman–Crippen MR) is 79.3 cm³/mol. The largest absolute Gasteiger partial charge is 0.393 e.